The number of carbonyl (C=O) groups is 4. The van der Waals surface area contributed by atoms with Crippen molar-refractivity contribution >= 4 is 39.5 Å². The number of rotatable bonds is 69. The van der Waals surface area contributed by atoms with E-state index in [1.807, 2.05) is 0 Å². The number of carbonyl (C=O) groups excluding carboxylic acids is 4. The van der Waals surface area contributed by atoms with Gasteiger partial charge in [-0.05, 0) is 69.1 Å². The first-order valence-electron chi connectivity index (χ1n) is 37.2. The number of hydrogen-bond donors (Lipinski definition) is 3. The van der Waals surface area contributed by atoms with Crippen molar-refractivity contribution in [2.24, 2.45) is 17.8 Å². The summed E-state index contributed by atoms with van der Waals surface area (Å²) in [5.41, 5.74) is 0. The van der Waals surface area contributed by atoms with E-state index in [0.717, 1.165) is 121 Å². The molecule has 0 aromatic heterocycles. The number of esters is 4. The Morgan fingerprint density at radius 2 is 0.587 bits per heavy atom. The molecular formula is C73H138O17P2. The molecule has 542 valence electrons. The molecule has 0 bridgehead atoms. The maximum atomic E-state index is 13.0. The lowest BCUT2D eigenvalue weighted by molar-refractivity contribution is -0.161. The van der Waals surface area contributed by atoms with Crippen molar-refractivity contribution in [1.29, 1.82) is 0 Å². The molecule has 3 N–H and O–H groups in total. The fraction of sp³-hybridized carbons (Fsp3) is 0.890. The Labute approximate surface area is 561 Å². The third kappa shape index (κ3) is 66.2. The molecule has 92 heavy (non-hydrogen) atoms. The second kappa shape index (κ2) is 63.3. The van der Waals surface area contributed by atoms with Crippen molar-refractivity contribution in [3.05, 3.63) is 24.3 Å². The summed E-state index contributed by atoms with van der Waals surface area (Å²) in [5.74, 6) is 0.0535. The molecule has 0 heterocycles. The zero-order valence-electron chi connectivity index (χ0n) is 59.5. The molecule has 0 fully saturated rings. The minimum Gasteiger partial charge on any atom is -0.462 e. The first-order valence-corrected chi connectivity index (χ1v) is 40.2. The van der Waals surface area contributed by atoms with Crippen LogP contribution in [0.2, 0.25) is 0 Å². The molecule has 0 radical (unpaired) electrons. The summed E-state index contributed by atoms with van der Waals surface area (Å²) in [6.07, 6.45) is 50.9. The number of phosphoric acid groups is 2. The van der Waals surface area contributed by atoms with E-state index in [1.54, 1.807) is 0 Å². The predicted molar refractivity (Wildman–Crippen MR) is 372 cm³/mol. The summed E-state index contributed by atoms with van der Waals surface area (Å²) >= 11 is 0. The normalized spacial score (nSPS) is 14.3. The van der Waals surface area contributed by atoms with Gasteiger partial charge < -0.3 is 33.8 Å². The summed E-state index contributed by atoms with van der Waals surface area (Å²) in [5, 5.41) is 10.6. The smallest absolute Gasteiger partial charge is 0.462 e. The van der Waals surface area contributed by atoms with Crippen molar-refractivity contribution in [2.75, 3.05) is 39.6 Å². The minimum atomic E-state index is -4.96. The van der Waals surface area contributed by atoms with Crippen LogP contribution in [-0.2, 0) is 65.4 Å². The average Bonchev–Trinajstić information content (AvgIpc) is 3.64. The Morgan fingerprint density at radius 1 is 0.337 bits per heavy atom. The summed E-state index contributed by atoms with van der Waals surface area (Å²) < 4.78 is 68.3. The number of ether oxygens (including phenoxy) is 4. The van der Waals surface area contributed by atoms with Crippen LogP contribution in [0.15, 0.2) is 24.3 Å². The number of unbranched alkanes of at least 4 members (excludes halogenated alkanes) is 34. The molecule has 0 rings (SSSR count). The van der Waals surface area contributed by atoms with E-state index in [1.165, 1.54) is 135 Å². The minimum absolute atomic E-state index is 0.0836. The Hall–Kier alpha value is -2.46. The molecule has 0 aromatic carbocycles. The second-order valence-corrected chi connectivity index (χ2v) is 30.0. The van der Waals surface area contributed by atoms with Gasteiger partial charge in [0.05, 0.1) is 26.4 Å². The molecule has 0 aliphatic rings. The predicted octanol–water partition coefficient (Wildman–Crippen LogP) is 20.6. The second-order valence-electron chi connectivity index (χ2n) is 27.1. The van der Waals surface area contributed by atoms with Gasteiger partial charge in [0.2, 0.25) is 0 Å². The maximum absolute atomic E-state index is 13.0. The van der Waals surface area contributed by atoms with E-state index in [0.29, 0.717) is 31.6 Å². The van der Waals surface area contributed by atoms with Crippen molar-refractivity contribution < 1.29 is 80.2 Å². The van der Waals surface area contributed by atoms with Crippen LogP contribution in [0.1, 0.15) is 344 Å². The standard InChI is InChI=1S/C73H138O17P2/c1-8-9-10-11-12-13-14-15-16-17-21-28-33-42-49-56-73(78)90-69(61-84-71(76)55-48-41-36-35-39-46-53-66(6)7)63-88-92(81,82)86-59-67(74)58-85-91(79,80)87-62-68(60-83-70(75)54-47-40-32-27-24-23-26-31-38-45-52-65(4)5)89-72(77)57-50-43-34-29-22-19-18-20-25-30-37-44-51-64(2)3/h13-16,64-69,74H,8-12,17-63H2,1-7H3,(H,79,80)(H,81,82)/b14-13-,16-15-/t67-,68-,69-/m1/s1. The van der Waals surface area contributed by atoms with Crippen LogP contribution in [-0.4, -0.2) is 96.7 Å². The van der Waals surface area contributed by atoms with Gasteiger partial charge in [-0.1, -0.05) is 291 Å². The molecular weight excluding hydrogens is 1210 g/mol. The Balaban J connectivity index is 5.28. The molecule has 0 aliphatic carbocycles. The number of allylic oxidation sites excluding steroid dienone is 4. The highest BCUT2D eigenvalue weighted by atomic mass is 31.2. The first-order chi connectivity index (χ1) is 44.2. The lowest BCUT2D eigenvalue weighted by Gasteiger charge is -2.21. The van der Waals surface area contributed by atoms with Gasteiger partial charge in [-0.3, -0.25) is 37.3 Å². The van der Waals surface area contributed by atoms with Crippen LogP contribution >= 0.6 is 15.6 Å². The first kappa shape index (κ1) is 89.5. The molecule has 5 atom stereocenters. The van der Waals surface area contributed by atoms with Gasteiger partial charge in [0.15, 0.2) is 12.2 Å². The quantitative estimate of drug-likeness (QED) is 0.0169. The van der Waals surface area contributed by atoms with Crippen molar-refractivity contribution in [2.45, 2.75) is 362 Å². The molecule has 0 saturated carbocycles. The number of aliphatic hydroxyl groups is 1. The largest absolute Gasteiger partial charge is 0.472 e. The van der Waals surface area contributed by atoms with Crippen LogP contribution in [0, 0.1) is 17.8 Å². The van der Waals surface area contributed by atoms with Gasteiger partial charge in [-0.15, -0.1) is 0 Å². The van der Waals surface area contributed by atoms with E-state index in [-0.39, 0.29) is 25.7 Å². The van der Waals surface area contributed by atoms with E-state index in [4.69, 9.17) is 37.0 Å². The van der Waals surface area contributed by atoms with E-state index in [2.05, 4.69) is 72.8 Å². The fourth-order valence-corrected chi connectivity index (χ4v) is 12.1. The lowest BCUT2D eigenvalue weighted by Crippen LogP contribution is -2.30. The molecule has 0 saturated heterocycles. The van der Waals surface area contributed by atoms with Crippen molar-refractivity contribution in [3.8, 4) is 0 Å². The monoisotopic (exact) mass is 1350 g/mol. The van der Waals surface area contributed by atoms with Gasteiger partial charge in [0.25, 0.3) is 0 Å². The molecule has 2 unspecified atom stereocenters. The van der Waals surface area contributed by atoms with Gasteiger partial charge in [-0.2, -0.15) is 0 Å². The molecule has 0 aliphatic heterocycles. The summed E-state index contributed by atoms with van der Waals surface area (Å²) in [6, 6.07) is 0. The molecule has 0 amide bonds. The lowest BCUT2D eigenvalue weighted by atomic mass is 10.0. The third-order valence-corrected chi connectivity index (χ3v) is 18.2. The highest BCUT2D eigenvalue weighted by molar-refractivity contribution is 7.47. The molecule has 0 aromatic rings. The maximum Gasteiger partial charge on any atom is 0.472 e. The zero-order chi connectivity index (χ0) is 68.0. The average molecular weight is 1350 g/mol. The van der Waals surface area contributed by atoms with E-state index in [9.17, 15) is 43.2 Å². The van der Waals surface area contributed by atoms with Crippen molar-refractivity contribution in [3.63, 3.8) is 0 Å². The SMILES string of the molecule is CCCCCC/C=C\C=C/CCCCCCCC(=O)O[C@H](COC(=O)CCCCCCCCC(C)C)COP(=O)(O)OC[C@H](O)COP(=O)(O)OC[C@@H](COC(=O)CCCCCCCCCCCCC(C)C)OC(=O)CCCCCCCCCCCCCCC(C)C. The fourth-order valence-electron chi connectivity index (χ4n) is 10.5. The van der Waals surface area contributed by atoms with E-state index >= 15 is 0 Å². The molecule has 19 heteroatoms. The van der Waals surface area contributed by atoms with E-state index < -0.39 is 97.5 Å². The Kier molecular flexibility index (Phi) is 61.6. The Morgan fingerprint density at radius 3 is 0.880 bits per heavy atom. The summed E-state index contributed by atoms with van der Waals surface area (Å²) in [4.78, 5) is 72.6. The zero-order valence-corrected chi connectivity index (χ0v) is 61.3. The molecule has 0 spiro atoms. The van der Waals surface area contributed by atoms with Crippen molar-refractivity contribution in [1.82, 2.24) is 0 Å². The van der Waals surface area contributed by atoms with Crippen LogP contribution in [0.4, 0.5) is 0 Å². The summed E-state index contributed by atoms with van der Waals surface area (Å²) in [7, 11) is -9.92. The molecule has 17 nitrogen and oxygen atoms in total. The van der Waals surface area contributed by atoms with Gasteiger partial charge in [0, 0.05) is 25.7 Å². The van der Waals surface area contributed by atoms with Gasteiger partial charge in [-0.25, -0.2) is 9.13 Å². The van der Waals surface area contributed by atoms with Crippen LogP contribution < -0.4 is 0 Å². The third-order valence-electron chi connectivity index (χ3n) is 16.3. The Bertz CT molecular complexity index is 1890. The topological polar surface area (TPSA) is 237 Å². The van der Waals surface area contributed by atoms with Crippen LogP contribution in [0.3, 0.4) is 0 Å². The van der Waals surface area contributed by atoms with Gasteiger partial charge in [0.1, 0.15) is 19.3 Å². The van der Waals surface area contributed by atoms with Crippen LogP contribution in [0.5, 0.6) is 0 Å². The number of aliphatic hydroxyl groups excluding tert-OH is 1. The number of hydrogen-bond acceptors (Lipinski definition) is 15. The van der Waals surface area contributed by atoms with Gasteiger partial charge >= 0.3 is 39.5 Å². The van der Waals surface area contributed by atoms with Crippen LogP contribution in [0.25, 0.3) is 0 Å². The highest BCUT2D eigenvalue weighted by Crippen LogP contribution is 2.45. The summed E-state index contributed by atoms with van der Waals surface area (Å²) in [6.45, 7) is 11.7. The number of phosphoric ester groups is 2. The highest BCUT2D eigenvalue weighted by Gasteiger charge is 2.30.